The molecule has 21 heavy (non-hydrogen) atoms. The fourth-order valence-electron chi connectivity index (χ4n) is 2.85. The number of amides is 2. The summed E-state index contributed by atoms with van der Waals surface area (Å²) in [5.74, 6) is -0.344. The minimum atomic E-state index is -0.683. The van der Waals surface area contributed by atoms with Gasteiger partial charge in [-0.05, 0) is 38.3 Å². The molecule has 0 radical (unpaired) electrons. The summed E-state index contributed by atoms with van der Waals surface area (Å²) in [5.41, 5.74) is 5.47. The molecular formula is C16H21ClN2O2. The van der Waals surface area contributed by atoms with Crippen molar-refractivity contribution in [1.29, 1.82) is 0 Å². The highest BCUT2D eigenvalue weighted by molar-refractivity contribution is 6.31. The Morgan fingerprint density at radius 1 is 1.24 bits per heavy atom. The second kappa shape index (κ2) is 6.06. The Balaban J connectivity index is 2.13. The molecule has 2 rings (SSSR count). The number of nitrogens with zero attached hydrogens (tertiary/aromatic N) is 1. The predicted molar refractivity (Wildman–Crippen MR) is 83.0 cm³/mol. The van der Waals surface area contributed by atoms with Gasteiger partial charge in [-0.2, -0.15) is 0 Å². The summed E-state index contributed by atoms with van der Waals surface area (Å²) in [6, 6.07) is 7.42. The van der Waals surface area contributed by atoms with Crippen LogP contribution in [0.15, 0.2) is 24.3 Å². The molecule has 1 saturated heterocycles. The van der Waals surface area contributed by atoms with Crippen LogP contribution in [0.5, 0.6) is 0 Å². The van der Waals surface area contributed by atoms with Crippen LogP contribution in [0.1, 0.15) is 32.3 Å². The van der Waals surface area contributed by atoms with Crippen molar-refractivity contribution in [3.05, 3.63) is 34.9 Å². The van der Waals surface area contributed by atoms with Crippen LogP contribution >= 0.6 is 11.6 Å². The van der Waals surface area contributed by atoms with Crippen LogP contribution in [0, 0.1) is 5.92 Å². The first-order valence-electron chi connectivity index (χ1n) is 7.17. The molecule has 0 unspecified atom stereocenters. The van der Waals surface area contributed by atoms with Crippen LogP contribution in [0.4, 0.5) is 0 Å². The Hall–Kier alpha value is -1.55. The molecule has 2 N–H and O–H groups in total. The molecule has 0 spiro atoms. The van der Waals surface area contributed by atoms with E-state index in [0.29, 0.717) is 31.0 Å². The van der Waals surface area contributed by atoms with Crippen LogP contribution in [0.3, 0.4) is 0 Å². The summed E-state index contributed by atoms with van der Waals surface area (Å²) in [5, 5.41) is 0.600. The third-order valence-electron chi connectivity index (χ3n) is 4.27. The summed E-state index contributed by atoms with van der Waals surface area (Å²) in [6.45, 7) is 4.91. The Morgan fingerprint density at radius 3 is 2.33 bits per heavy atom. The molecule has 0 aliphatic carbocycles. The Labute approximate surface area is 130 Å². The van der Waals surface area contributed by atoms with Gasteiger partial charge >= 0.3 is 0 Å². The lowest BCUT2D eigenvalue weighted by molar-refractivity contribution is -0.139. The van der Waals surface area contributed by atoms with E-state index in [2.05, 4.69) is 0 Å². The van der Waals surface area contributed by atoms with Gasteiger partial charge in [0.2, 0.25) is 11.8 Å². The number of rotatable bonds is 3. The number of likely N-dealkylation sites (tertiary alicyclic amines) is 1. The van der Waals surface area contributed by atoms with Gasteiger partial charge in [0.25, 0.3) is 0 Å². The summed E-state index contributed by atoms with van der Waals surface area (Å²) in [6.07, 6.45) is 1.28. The highest BCUT2D eigenvalue weighted by Gasteiger charge is 2.37. The van der Waals surface area contributed by atoms with E-state index in [1.165, 1.54) is 0 Å². The second-order valence-electron chi connectivity index (χ2n) is 6.07. The van der Waals surface area contributed by atoms with Crippen molar-refractivity contribution < 1.29 is 9.59 Å². The van der Waals surface area contributed by atoms with E-state index < -0.39 is 5.41 Å². The molecule has 114 valence electrons. The number of carbonyl (C=O) groups excluding carboxylic acids is 2. The van der Waals surface area contributed by atoms with Gasteiger partial charge in [0.15, 0.2) is 0 Å². The van der Waals surface area contributed by atoms with Crippen molar-refractivity contribution in [2.24, 2.45) is 11.7 Å². The zero-order valence-corrected chi connectivity index (χ0v) is 13.2. The molecule has 1 fully saturated rings. The first kappa shape index (κ1) is 15.8. The van der Waals surface area contributed by atoms with Crippen LogP contribution in [0.25, 0.3) is 0 Å². The topological polar surface area (TPSA) is 63.4 Å². The number of halogens is 1. The van der Waals surface area contributed by atoms with E-state index in [1.54, 1.807) is 6.07 Å². The molecule has 1 aromatic carbocycles. The highest BCUT2D eigenvalue weighted by atomic mass is 35.5. The van der Waals surface area contributed by atoms with Crippen molar-refractivity contribution >= 4 is 23.4 Å². The van der Waals surface area contributed by atoms with Gasteiger partial charge in [-0.1, -0.05) is 29.8 Å². The Morgan fingerprint density at radius 2 is 1.81 bits per heavy atom. The summed E-state index contributed by atoms with van der Waals surface area (Å²) < 4.78 is 0. The van der Waals surface area contributed by atoms with Crippen molar-refractivity contribution in [3.8, 4) is 0 Å². The Bertz CT molecular complexity index is 549. The number of primary amides is 1. The van der Waals surface area contributed by atoms with Crippen LogP contribution in [0.2, 0.25) is 5.02 Å². The summed E-state index contributed by atoms with van der Waals surface area (Å²) >= 11 is 6.22. The van der Waals surface area contributed by atoms with Crippen LogP contribution in [-0.4, -0.2) is 29.8 Å². The van der Waals surface area contributed by atoms with Crippen molar-refractivity contribution in [2.75, 3.05) is 13.1 Å². The fourth-order valence-corrected chi connectivity index (χ4v) is 3.22. The van der Waals surface area contributed by atoms with Gasteiger partial charge in [0.1, 0.15) is 0 Å². The standard InChI is InChI=1S/C16H21ClN2O2/c1-16(2,12-5-3-4-6-13(12)17)15(21)19-9-7-11(8-10-19)14(18)20/h3-6,11H,7-10H2,1-2H3,(H2,18,20). The molecule has 5 heteroatoms. The predicted octanol–water partition coefficient (Wildman–Crippen LogP) is 2.34. The molecule has 1 aliphatic rings. The van der Waals surface area contributed by atoms with Crippen molar-refractivity contribution in [1.82, 2.24) is 4.90 Å². The lowest BCUT2D eigenvalue weighted by atomic mass is 9.82. The third kappa shape index (κ3) is 3.21. The maximum atomic E-state index is 12.8. The van der Waals surface area contributed by atoms with E-state index >= 15 is 0 Å². The van der Waals surface area contributed by atoms with E-state index in [-0.39, 0.29) is 17.7 Å². The van der Waals surface area contributed by atoms with E-state index in [9.17, 15) is 9.59 Å². The number of piperidine rings is 1. The van der Waals surface area contributed by atoms with Gasteiger partial charge in [-0.3, -0.25) is 9.59 Å². The van der Waals surface area contributed by atoms with Crippen molar-refractivity contribution in [2.45, 2.75) is 32.1 Å². The SMILES string of the molecule is CC(C)(C(=O)N1CCC(C(N)=O)CC1)c1ccccc1Cl. The fraction of sp³-hybridized carbons (Fsp3) is 0.500. The minimum Gasteiger partial charge on any atom is -0.369 e. The van der Waals surface area contributed by atoms with Crippen molar-refractivity contribution in [3.63, 3.8) is 0 Å². The molecule has 2 amide bonds. The lowest BCUT2D eigenvalue weighted by Gasteiger charge is -2.36. The first-order chi connectivity index (χ1) is 9.84. The van der Waals surface area contributed by atoms with Gasteiger partial charge in [-0.15, -0.1) is 0 Å². The molecule has 0 aromatic heterocycles. The molecule has 1 aromatic rings. The highest BCUT2D eigenvalue weighted by Crippen LogP contribution is 2.32. The zero-order valence-electron chi connectivity index (χ0n) is 12.4. The van der Waals surface area contributed by atoms with Crippen LogP contribution < -0.4 is 5.73 Å². The van der Waals surface area contributed by atoms with E-state index in [4.69, 9.17) is 17.3 Å². The zero-order chi connectivity index (χ0) is 15.6. The number of nitrogens with two attached hydrogens (primary N) is 1. The summed E-state index contributed by atoms with van der Waals surface area (Å²) in [4.78, 5) is 25.8. The second-order valence-corrected chi connectivity index (χ2v) is 6.48. The molecule has 1 heterocycles. The maximum absolute atomic E-state index is 12.8. The van der Waals surface area contributed by atoms with E-state index in [0.717, 1.165) is 5.56 Å². The number of hydrogen-bond acceptors (Lipinski definition) is 2. The molecule has 4 nitrogen and oxygen atoms in total. The first-order valence-corrected chi connectivity index (χ1v) is 7.55. The largest absolute Gasteiger partial charge is 0.369 e. The number of carbonyl (C=O) groups is 2. The molecule has 0 saturated carbocycles. The molecular weight excluding hydrogens is 288 g/mol. The third-order valence-corrected chi connectivity index (χ3v) is 4.60. The quantitative estimate of drug-likeness (QED) is 0.931. The van der Waals surface area contributed by atoms with Crippen LogP contribution in [-0.2, 0) is 15.0 Å². The number of hydrogen-bond donors (Lipinski definition) is 1. The maximum Gasteiger partial charge on any atom is 0.232 e. The normalized spacial score (nSPS) is 16.8. The van der Waals surface area contributed by atoms with Gasteiger partial charge in [0, 0.05) is 24.0 Å². The average Bonchev–Trinajstić information content (AvgIpc) is 2.46. The monoisotopic (exact) mass is 308 g/mol. The van der Waals surface area contributed by atoms with E-state index in [1.807, 2.05) is 36.9 Å². The minimum absolute atomic E-state index is 0.0403. The van der Waals surface area contributed by atoms with Gasteiger partial charge < -0.3 is 10.6 Å². The Kier molecular flexibility index (Phi) is 4.57. The number of benzene rings is 1. The molecule has 0 atom stereocenters. The summed E-state index contributed by atoms with van der Waals surface area (Å²) in [7, 11) is 0. The smallest absolute Gasteiger partial charge is 0.232 e. The average molecular weight is 309 g/mol. The van der Waals surface area contributed by atoms with Gasteiger partial charge in [0.05, 0.1) is 5.41 Å². The molecule has 1 aliphatic heterocycles. The lowest BCUT2D eigenvalue weighted by Crippen LogP contribution is -2.48. The molecule has 0 bridgehead atoms. The van der Waals surface area contributed by atoms with Gasteiger partial charge in [-0.25, -0.2) is 0 Å².